The maximum Gasteiger partial charge on any atom is 0.224 e. The third-order valence-electron chi connectivity index (χ3n) is 3.89. The smallest absolute Gasteiger partial charge is 0.224 e. The van der Waals surface area contributed by atoms with Gasteiger partial charge in [-0.25, -0.2) is 4.98 Å². The van der Waals surface area contributed by atoms with E-state index < -0.39 is 0 Å². The molecule has 0 unspecified atom stereocenters. The number of rotatable bonds is 5. The van der Waals surface area contributed by atoms with Crippen LogP contribution in [0.2, 0.25) is 0 Å². The van der Waals surface area contributed by atoms with Gasteiger partial charge in [-0.05, 0) is 35.7 Å². The van der Waals surface area contributed by atoms with Gasteiger partial charge in [0.25, 0.3) is 0 Å². The van der Waals surface area contributed by atoms with E-state index >= 15 is 0 Å². The summed E-state index contributed by atoms with van der Waals surface area (Å²) in [5, 5.41) is 2.93. The van der Waals surface area contributed by atoms with Crippen LogP contribution in [0.4, 0.5) is 5.69 Å². The van der Waals surface area contributed by atoms with Crippen molar-refractivity contribution in [1.29, 1.82) is 0 Å². The van der Waals surface area contributed by atoms with Gasteiger partial charge in [-0.1, -0.05) is 38.1 Å². The Bertz CT molecular complexity index is 770. The molecule has 2 N–H and O–H groups in total. The Labute approximate surface area is 136 Å². The first kappa shape index (κ1) is 15.3. The number of nitrogens with zero attached hydrogens (tertiary/aromatic N) is 1. The van der Waals surface area contributed by atoms with Gasteiger partial charge in [0.15, 0.2) is 0 Å². The van der Waals surface area contributed by atoms with Gasteiger partial charge in [-0.15, -0.1) is 0 Å². The maximum atomic E-state index is 12.1. The zero-order valence-electron chi connectivity index (χ0n) is 13.5. The normalized spacial score (nSPS) is 11.1. The highest BCUT2D eigenvalue weighted by Gasteiger charge is 2.07. The van der Waals surface area contributed by atoms with E-state index in [1.165, 1.54) is 5.56 Å². The highest BCUT2D eigenvalue weighted by molar-refractivity contribution is 5.90. The number of imidazole rings is 1. The van der Waals surface area contributed by atoms with Gasteiger partial charge in [0.05, 0.1) is 11.0 Å². The van der Waals surface area contributed by atoms with Gasteiger partial charge in [-0.3, -0.25) is 4.79 Å². The van der Waals surface area contributed by atoms with Crippen molar-refractivity contribution in [3.63, 3.8) is 0 Å². The number of amides is 1. The molecule has 3 rings (SSSR count). The van der Waals surface area contributed by atoms with Crippen LogP contribution in [0.1, 0.15) is 37.6 Å². The third kappa shape index (κ3) is 3.77. The molecule has 1 amide bonds. The number of anilines is 1. The van der Waals surface area contributed by atoms with E-state index in [4.69, 9.17) is 0 Å². The van der Waals surface area contributed by atoms with E-state index in [-0.39, 0.29) is 5.91 Å². The molecule has 3 aromatic rings. The molecule has 0 spiro atoms. The number of carbonyl (C=O) groups excluding carboxylic acids is 1. The molecule has 0 aliphatic rings. The van der Waals surface area contributed by atoms with Gasteiger partial charge in [0.1, 0.15) is 5.82 Å². The van der Waals surface area contributed by atoms with Crippen molar-refractivity contribution >= 4 is 22.6 Å². The summed E-state index contributed by atoms with van der Waals surface area (Å²) >= 11 is 0. The van der Waals surface area contributed by atoms with E-state index in [1.54, 1.807) is 0 Å². The van der Waals surface area contributed by atoms with E-state index in [0.717, 1.165) is 22.5 Å². The second-order valence-electron chi connectivity index (χ2n) is 6.03. The molecular formula is C19H21N3O. The fraction of sp³-hybridized carbons (Fsp3) is 0.263. The average molecular weight is 307 g/mol. The molecule has 0 atom stereocenters. The van der Waals surface area contributed by atoms with Crippen molar-refractivity contribution in [3.05, 3.63) is 59.9 Å². The Kier molecular flexibility index (Phi) is 4.42. The highest BCUT2D eigenvalue weighted by atomic mass is 16.1. The summed E-state index contributed by atoms with van der Waals surface area (Å²) in [6.07, 6.45) is 1.01. The number of para-hydroxylation sites is 2. The lowest BCUT2D eigenvalue weighted by Crippen LogP contribution is -2.12. The summed E-state index contributed by atoms with van der Waals surface area (Å²) in [7, 11) is 0. The van der Waals surface area contributed by atoms with Crippen LogP contribution in [-0.4, -0.2) is 15.9 Å². The van der Waals surface area contributed by atoms with Crippen molar-refractivity contribution in [1.82, 2.24) is 9.97 Å². The predicted molar refractivity (Wildman–Crippen MR) is 93.6 cm³/mol. The zero-order valence-corrected chi connectivity index (χ0v) is 13.5. The highest BCUT2D eigenvalue weighted by Crippen LogP contribution is 2.17. The number of hydrogen-bond donors (Lipinski definition) is 2. The predicted octanol–water partition coefficient (Wildman–Crippen LogP) is 4.26. The van der Waals surface area contributed by atoms with Crippen molar-refractivity contribution in [2.45, 2.75) is 32.6 Å². The Hall–Kier alpha value is -2.62. The molecule has 4 nitrogen and oxygen atoms in total. The molecule has 1 aromatic heterocycles. The molecular weight excluding hydrogens is 286 g/mol. The second kappa shape index (κ2) is 6.65. The number of benzene rings is 2. The number of nitrogens with one attached hydrogen (secondary N) is 2. The van der Waals surface area contributed by atoms with Gasteiger partial charge in [0.2, 0.25) is 5.91 Å². The first-order valence-corrected chi connectivity index (χ1v) is 7.95. The molecule has 2 aromatic carbocycles. The number of carbonyl (C=O) groups is 1. The Balaban J connectivity index is 1.56. The minimum Gasteiger partial charge on any atom is -0.342 e. The van der Waals surface area contributed by atoms with Crippen molar-refractivity contribution in [2.75, 3.05) is 5.32 Å². The molecule has 1 heterocycles. The van der Waals surface area contributed by atoms with Crippen LogP contribution >= 0.6 is 0 Å². The monoisotopic (exact) mass is 307 g/mol. The SMILES string of the molecule is CC(C)c1ccc(NC(=O)CCc2nc3ccccc3[nH]2)cc1. The largest absolute Gasteiger partial charge is 0.342 e. The minimum atomic E-state index is 0.00255. The van der Waals surface area contributed by atoms with Crippen LogP contribution in [-0.2, 0) is 11.2 Å². The van der Waals surface area contributed by atoms with Crippen LogP contribution in [0, 0.1) is 0 Å². The van der Waals surface area contributed by atoms with E-state index in [0.29, 0.717) is 18.8 Å². The topological polar surface area (TPSA) is 57.8 Å². The third-order valence-corrected chi connectivity index (χ3v) is 3.89. The van der Waals surface area contributed by atoms with Crippen LogP contribution in [0.3, 0.4) is 0 Å². The number of aromatic nitrogens is 2. The molecule has 0 aliphatic heterocycles. The fourth-order valence-electron chi connectivity index (χ4n) is 2.53. The zero-order chi connectivity index (χ0) is 16.2. The Morgan fingerprint density at radius 2 is 1.87 bits per heavy atom. The fourth-order valence-corrected chi connectivity index (χ4v) is 2.53. The van der Waals surface area contributed by atoms with Gasteiger partial charge >= 0.3 is 0 Å². The number of H-pyrrole nitrogens is 1. The molecule has 118 valence electrons. The van der Waals surface area contributed by atoms with E-state index in [1.807, 2.05) is 36.4 Å². The Morgan fingerprint density at radius 3 is 2.57 bits per heavy atom. The van der Waals surface area contributed by atoms with Crippen molar-refractivity contribution in [3.8, 4) is 0 Å². The standard InChI is InChI=1S/C19H21N3O/c1-13(2)14-7-9-15(10-8-14)20-19(23)12-11-18-21-16-5-3-4-6-17(16)22-18/h3-10,13H,11-12H2,1-2H3,(H,20,23)(H,21,22). The summed E-state index contributed by atoms with van der Waals surface area (Å²) in [6, 6.07) is 15.9. The van der Waals surface area contributed by atoms with Gasteiger partial charge < -0.3 is 10.3 Å². The molecule has 0 bridgehead atoms. The van der Waals surface area contributed by atoms with Crippen LogP contribution in [0.5, 0.6) is 0 Å². The molecule has 0 fully saturated rings. The number of aryl methyl sites for hydroxylation is 1. The summed E-state index contributed by atoms with van der Waals surface area (Å²) < 4.78 is 0. The number of aromatic amines is 1. The molecule has 23 heavy (non-hydrogen) atoms. The first-order valence-electron chi connectivity index (χ1n) is 7.95. The molecule has 4 heteroatoms. The lowest BCUT2D eigenvalue weighted by atomic mass is 10.0. The lowest BCUT2D eigenvalue weighted by molar-refractivity contribution is -0.116. The summed E-state index contributed by atoms with van der Waals surface area (Å²) in [5.74, 6) is 1.34. The maximum absolute atomic E-state index is 12.1. The van der Waals surface area contributed by atoms with Crippen LogP contribution < -0.4 is 5.32 Å². The summed E-state index contributed by atoms with van der Waals surface area (Å²) in [6.45, 7) is 4.31. The van der Waals surface area contributed by atoms with E-state index in [2.05, 4.69) is 41.3 Å². The quantitative estimate of drug-likeness (QED) is 0.740. The number of hydrogen-bond acceptors (Lipinski definition) is 2. The van der Waals surface area contributed by atoms with Gasteiger partial charge in [0, 0.05) is 18.5 Å². The van der Waals surface area contributed by atoms with Crippen LogP contribution in [0.25, 0.3) is 11.0 Å². The van der Waals surface area contributed by atoms with Crippen molar-refractivity contribution in [2.24, 2.45) is 0 Å². The first-order chi connectivity index (χ1) is 11.1. The lowest BCUT2D eigenvalue weighted by Gasteiger charge is -2.08. The summed E-state index contributed by atoms with van der Waals surface area (Å²) in [4.78, 5) is 19.8. The molecule has 0 saturated carbocycles. The second-order valence-corrected chi connectivity index (χ2v) is 6.03. The molecule has 0 radical (unpaired) electrons. The Morgan fingerprint density at radius 1 is 1.13 bits per heavy atom. The number of fused-ring (bicyclic) bond motifs is 1. The summed E-state index contributed by atoms with van der Waals surface area (Å²) in [5.41, 5.74) is 4.05. The average Bonchev–Trinajstić information content (AvgIpc) is 2.96. The van der Waals surface area contributed by atoms with Gasteiger partial charge in [-0.2, -0.15) is 0 Å². The van der Waals surface area contributed by atoms with E-state index in [9.17, 15) is 4.79 Å². The van der Waals surface area contributed by atoms with Crippen LogP contribution in [0.15, 0.2) is 48.5 Å². The minimum absolute atomic E-state index is 0.00255. The van der Waals surface area contributed by atoms with Crippen molar-refractivity contribution < 1.29 is 4.79 Å². The molecule has 0 saturated heterocycles. The molecule has 0 aliphatic carbocycles.